The fraction of sp³-hybridized carbons (Fsp3) is 0.462. The molecule has 1 saturated heterocycles. The van der Waals surface area contributed by atoms with Crippen LogP contribution in [0.15, 0.2) is 41.6 Å². The summed E-state index contributed by atoms with van der Waals surface area (Å²) < 4.78 is 27.7. The molecule has 1 aliphatic rings. The molecule has 0 saturated carbocycles. The average Bonchev–Trinajstić information content (AvgIpc) is 3.35. The number of aliphatic hydroxyl groups excluding tert-OH is 2. The first-order valence-corrected chi connectivity index (χ1v) is 14.4. The molecule has 0 spiro atoms. The highest BCUT2D eigenvalue weighted by atomic mass is 35.5. The Morgan fingerprint density at radius 2 is 2.02 bits per heavy atom. The van der Waals surface area contributed by atoms with Crippen LogP contribution in [0.1, 0.15) is 30.8 Å². The number of benzene rings is 1. The third-order valence-corrected chi connectivity index (χ3v) is 7.97. The third kappa shape index (κ3) is 7.49. The van der Waals surface area contributed by atoms with Crippen LogP contribution < -0.4 is 0 Å². The highest BCUT2D eigenvalue weighted by molar-refractivity contribution is 8.00. The molecule has 0 bridgehead atoms. The van der Waals surface area contributed by atoms with Gasteiger partial charge in [-0.1, -0.05) is 46.2 Å². The zero-order chi connectivity index (χ0) is 28.8. The molecule has 4 rings (SSSR count). The van der Waals surface area contributed by atoms with Crippen LogP contribution in [0.3, 0.4) is 0 Å². The summed E-state index contributed by atoms with van der Waals surface area (Å²) in [6, 6.07) is 5.98. The number of thioether (sulfide) groups is 1. The summed E-state index contributed by atoms with van der Waals surface area (Å²) in [6.07, 6.45) is 1.35. The van der Waals surface area contributed by atoms with Crippen LogP contribution >= 0.6 is 35.0 Å². The first-order valence-electron chi connectivity index (χ1n) is 12.7. The standard InChI is InChI=1S/C26H30Cl2FN5O5S/c1-3-38-21(13-34-12-20(31-32-34)16-5-6-18(28)19(29)9-16)26(39-22(14-35)15(2)36)40-23-10-17(27)11-30-24(23)25(37)33-7-4-8-33/h5-6,9-12,15,21-22,26,35-36H,3-4,7-8,13-14H2,1-2H3/t15-,21+,22?,26?/m1/s1. The summed E-state index contributed by atoms with van der Waals surface area (Å²) in [5.41, 5.74) is 0.311. The zero-order valence-electron chi connectivity index (χ0n) is 21.9. The number of likely N-dealkylation sites (tertiary alicyclic amines) is 1. The lowest BCUT2D eigenvalue weighted by atomic mass is 10.2. The number of amides is 1. The molecule has 1 aliphatic heterocycles. The molecule has 4 atom stereocenters. The van der Waals surface area contributed by atoms with Crippen molar-refractivity contribution in [2.75, 3.05) is 26.3 Å². The number of aromatic nitrogens is 4. The van der Waals surface area contributed by atoms with Crippen LogP contribution in [0, 0.1) is 5.82 Å². The van der Waals surface area contributed by atoms with Crippen LogP contribution in [0.5, 0.6) is 0 Å². The van der Waals surface area contributed by atoms with Gasteiger partial charge in [-0.15, -0.1) is 5.10 Å². The van der Waals surface area contributed by atoms with Gasteiger partial charge in [0, 0.05) is 36.4 Å². The zero-order valence-corrected chi connectivity index (χ0v) is 24.2. The van der Waals surface area contributed by atoms with Crippen molar-refractivity contribution >= 4 is 40.9 Å². The first-order chi connectivity index (χ1) is 19.2. The van der Waals surface area contributed by atoms with E-state index in [9.17, 15) is 19.4 Å². The van der Waals surface area contributed by atoms with Crippen LogP contribution in [-0.4, -0.2) is 91.0 Å². The van der Waals surface area contributed by atoms with E-state index in [4.69, 9.17) is 32.7 Å². The minimum absolute atomic E-state index is 0.00332. The van der Waals surface area contributed by atoms with Crippen molar-refractivity contribution in [3.8, 4) is 11.3 Å². The van der Waals surface area contributed by atoms with Gasteiger partial charge in [0.15, 0.2) is 0 Å². The number of aliphatic hydroxyl groups is 2. The predicted octanol–water partition coefficient (Wildman–Crippen LogP) is 3.91. The topological polar surface area (TPSA) is 123 Å². The third-order valence-electron chi connectivity index (χ3n) is 6.24. The van der Waals surface area contributed by atoms with Crippen LogP contribution in [-0.2, 0) is 16.0 Å². The second kappa shape index (κ2) is 14.0. The molecule has 1 aromatic carbocycles. The van der Waals surface area contributed by atoms with Gasteiger partial charge in [0.2, 0.25) is 0 Å². The highest BCUT2D eigenvalue weighted by Crippen LogP contribution is 2.34. The van der Waals surface area contributed by atoms with Crippen LogP contribution in [0.4, 0.5) is 4.39 Å². The smallest absolute Gasteiger partial charge is 0.273 e. The first kappa shape index (κ1) is 30.6. The molecule has 0 aliphatic carbocycles. The predicted molar refractivity (Wildman–Crippen MR) is 149 cm³/mol. The Morgan fingerprint density at radius 1 is 1.25 bits per heavy atom. The summed E-state index contributed by atoms with van der Waals surface area (Å²) in [6.45, 7) is 4.63. The van der Waals surface area contributed by atoms with Crippen molar-refractivity contribution in [2.24, 2.45) is 0 Å². The molecule has 1 amide bonds. The lowest BCUT2D eigenvalue weighted by Gasteiger charge is -2.33. The van der Waals surface area contributed by atoms with E-state index in [0.717, 1.165) is 18.2 Å². The van der Waals surface area contributed by atoms with Crippen molar-refractivity contribution in [2.45, 2.75) is 55.5 Å². The molecule has 1 fully saturated rings. The highest BCUT2D eigenvalue weighted by Gasteiger charge is 2.33. The number of halogens is 3. The minimum atomic E-state index is -0.993. The Labute approximate surface area is 245 Å². The molecule has 3 heterocycles. The van der Waals surface area contributed by atoms with Gasteiger partial charge in [-0.25, -0.2) is 14.1 Å². The van der Waals surface area contributed by atoms with Gasteiger partial charge >= 0.3 is 0 Å². The quantitative estimate of drug-likeness (QED) is 0.218. The van der Waals surface area contributed by atoms with E-state index in [1.54, 1.807) is 23.2 Å². The molecular formula is C26H30Cl2FN5O5S. The number of ether oxygens (including phenoxy) is 2. The van der Waals surface area contributed by atoms with Gasteiger partial charge in [0.1, 0.15) is 34.8 Å². The molecule has 2 N–H and O–H groups in total. The molecule has 2 aromatic heterocycles. The SMILES string of the molecule is CCO[C@@H](Cn1cc(-c2ccc(Cl)c(F)c2)nn1)C(OC(CO)[C@@H](C)O)Sc1cc(Cl)cnc1C(=O)N1CCC1. The summed E-state index contributed by atoms with van der Waals surface area (Å²) in [7, 11) is 0. The maximum Gasteiger partial charge on any atom is 0.273 e. The van der Waals surface area contributed by atoms with Gasteiger partial charge in [-0.3, -0.25) is 4.79 Å². The molecule has 14 heteroatoms. The number of carbonyl (C=O) groups excluding carboxylic acids is 1. The maximum atomic E-state index is 14.0. The normalized spacial score (nSPS) is 16.3. The Bertz CT molecular complexity index is 1310. The number of carbonyl (C=O) groups is 1. The van der Waals surface area contributed by atoms with Gasteiger partial charge in [-0.05, 0) is 38.5 Å². The summed E-state index contributed by atoms with van der Waals surface area (Å²) >= 11 is 13.2. The minimum Gasteiger partial charge on any atom is -0.394 e. The number of nitrogens with zero attached hydrogens (tertiary/aromatic N) is 5. The molecule has 216 valence electrons. The Morgan fingerprint density at radius 3 is 2.65 bits per heavy atom. The average molecular weight is 615 g/mol. The van der Waals surface area contributed by atoms with E-state index >= 15 is 0 Å². The van der Waals surface area contributed by atoms with Crippen molar-refractivity contribution in [3.05, 3.63) is 58.2 Å². The van der Waals surface area contributed by atoms with E-state index in [1.165, 1.54) is 29.9 Å². The van der Waals surface area contributed by atoms with Gasteiger partial charge in [0.05, 0.1) is 35.5 Å². The number of rotatable bonds is 13. The molecule has 3 aromatic rings. The Hall–Kier alpha value is -2.32. The van der Waals surface area contributed by atoms with Gasteiger partial charge in [-0.2, -0.15) is 0 Å². The van der Waals surface area contributed by atoms with Crippen molar-refractivity contribution in [1.29, 1.82) is 0 Å². The van der Waals surface area contributed by atoms with Crippen LogP contribution in [0.2, 0.25) is 10.0 Å². The Kier molecular flexibility index (Phi) is 10.7. The lowest BCUT2D eigenvalue weighted by molar-refractivity contribution is -0.111. The number of hydrogen-bond acceptors (Lipinski definition) is 9. The monoisotopic (exact) mass is 613 g/mol. The fourth-order valence-corrected chi connectivity index (χ4v) is 5.48. The van der Waals surface area contributed by atoms with E-state index in [2.05, 4.69) is 15.3 Å². The summed E-state index contributed by atoms with van der Waals surface area (Å²) in [5.74, 6) is -0.792. The summed E-state index contributed by atoms with van der Waals surface area (Å²) in [4.78, 5) is 19.6. The number of pyridine rings is 1. The fourth-order valence-electron chi connectivity index (χ4n) is 3.93. The van der Waals surface area contributed by atoms with Crippen molar-refractivity contribution in [1.82, 2.24) is 24.9 Å². The Balaban J connectivity index is 1.64. The van der Waals surface area contributed by atoms with Crippen LogP contribution in [0.25, 0.3) is 11.3 Å². The van der Waals surface area contributed by atoms with Gasteiger partial charge < -0.3 is 24.6 Å². The molecule has 0 radical (unpaired) electrons. The summed E-state index contributed by atoms with van der Waals surface area (Å²) in [5, 5.41) is 28.7. The number of hydrogen-bond donors (Lipinski definition) is 2. The molecule has 40 heavy (non-hydrogen) atoms. The van der Waals surface area contributed by atoms with E-state index in [1.807, 2.05) is 6.92 Å². The van der Waals surface area contributed by atoms with E-state index in [-0.39, 0.29) is 23.2 Å². The van der Waals surface area contributed by atoms with E-state index < -0.39 is 36.2 Å². The molecule has 2 unspecified atom stereocenters. The maximum absolute atomic E-state index is 14.0. The lowest BCUT2D eigenvalue weighted by Crippen LogP contribution is -2.43. The second-order valence-electron chi connectivity index (χ2n) is 9.18. The van der Waals surface area contributed by atoms with Gasteiger partial charge in [0.25, 0.3) is 5.91 Å². The molecular weight excluding hydrogens is 584 g/mol. The van der Waals surface area contributed by atoms with Crippen molar-refractivity contribution < 1.29 is 28.9 Å². The van der Waals surface area contributed by atoms with E-state index in [0.29, 0.717) is 40.9 Å². The van der Waals surface area contributed by atoms with Crippen molar-refractivity contribution in [3.63, 3.8) is 0 Å². The second-order valence-corrected chi connectivity index (χ2v) is 11.2. The largest absolute Gasteiger partial charge is 0.394 e. The molecule has 10 nitrogen and oxygen atoms in total.